The molecule has 1 aliphatic carbocycles. The van der Waals surface area contributed by atoms with E-state index in [1.54, 1.807) is 19.2 Å². The van der Waals surface area contributed by atoms with Crippen molar-refractivity contribution in [3.05, 3.63) is 35.9 Å². The summed E-state index contributed by atoms with van der Waals surface area (Å²) in [4.78, 5) is 3.74. The van der Waals surface area contributed by atoms with Crippen LogP contribution in [0.15, 0.2) is 35.3 Å². The molecule has 1 aromatic rings. The van der Waals surface area contributed by atoms with Crippen molar-refractivity contribution >= 4 is 29.9 Å². The second kappa shape index (κ2) is 4.99. The highest BCUT2D eigenvalue weighted by Crippen LogP contribution is 2.49. The molecule has 88 valence electrons. The van der Waals surface area contributed by atoms with Gasteiger partial charge >= 0.3 is 0 Å². The Balaban J connectivity index is 0.00000128. The Labute approximate surface area is 111 Å². The maximum atomic E-state index is 14.2. The van der Waals surface area contributed by atoms with E-state index in [-0.39, 0.29) is 36.0 Å². The van der Waals surface area contributed by atoms with Gasteiger partial charge in [0.15, 0.2) is 11.6 Å². The molecule has 0 spiro atoms. The van der Waals surface area contributed by atoms with Crippen LogP contribution >= 0.6 is 24.0 Å². The number of alkyl halides is 1. The number of hydrogen-bond acceptors (Lipinski definition) is 1. The van der Waals surface area contributed by atoms with Crippen molar-refractivity contribution in [3.8, 4) is 0 Å². The fourth-order valence-electron chi connectivity index (χ4n) is 1.68. The lowest BCUT2D eigenvalue weighted by Gasteiger charge is -2.09. The van der Waals surface area contributed by atoms with E-state index < -0.39 is 5.67 Å². The van der Waals surface area contributed by atoms with Gasteiger partial charge in [0, 0.05) is 13.5 Å². The summed E-state index contributed by atoms with van der Waals surface area (Å²) in [6.45, 7) is 0. The first kappa shape index (κ1) is 13.2. The van der Waals surface area contributed by atoms with Crippen molar-refractivity contribution in [3.63, 3.8) is 0 Å². The smallest absolute Gasteiger partial charge is 0.188 e. The van der Waals surface area contributed by atoms with E-state index in [0.717, 1.165) is 0 Å². The van der Waals surface area contributed by atoms with E-state index >= 15 is 0 Å². The molecule has 5 heteroatoms. The minimum Gasteiger partial charge on any atom is -0.370 e. The maximum Gasteiger partial charge on any atom is 0.188 e. The number of rotatable bonds is 2. The van der Waals surface area contributed by atoms with Crippen LogP contribution in [0.25, 0.3) is 0 Å². The molecule has 0 radical (unpaired) electrons. The molecule has 1 fully saturated rings. The van der Waals surface area contributed by atoms with Gasteiger partial charge in [-0.15, -0.1) is 24.0 Å². The molecule has 0 aliphatic heterocycles. The van der Waals surface area contributed by atoms with Crippen LogP contribution in [-0.2, 0) is 5.67 Å². The highest BCUT2D eigenvalue weighted by molar-refractivity contribution is 14.0. The average molecular weight is 335 g/mol. The summed E-state index contributed by atoms with van der Waals surface area (Å²) in [6, 6.07) is 8.89. The van der Waals surface area contributed by atoms with Crippen molar-refractivity contribution in [1.82, 2.24) is 5.32 Å². The second-order valence-electron chi connectivity index (χ2n) is 3.74. The SMILES string of the molecule is CN=C(N)NC1CC1(F)c1ccccc1.I. The van der Waals surface area contributed by atoms with Crippen LogP contribution in [0.4, 0.5) is 4.39 Å². The molecule has 2 rings (SSSR count). The highest BCUT2D eigenvalue weighted by atomic mass is 127. The number of guanidine groups is 1. The van der Waals surface area contributed by atoms with E-state index in [0.29, 0.717) is 12.0 Å². The number of aliphatic imine (C=N–C) groups is 1. The first-order valence-electron chi connectivity index (χ1n) is 4.90. The average Bonchev–Trinajstić information content (AvgIpc) is 2.92. The van der Waals surface area contributed by atoms with Crippen molar-refractivity contribution in [2.75, 3.05) is 7.05 Å². The summed E-state index contributed by atoms with van der Waals surface area (Å²) < 4.78 is 14.2. The minimum atomic E-state index is -1.28. The highest BCUT2D eigenvalue weighted by Gasteiger charge is 2.57. The molecule has 2 unspecified atom stereocenters. The summed E-state index contributed by atoms with van der Waals surface area (Å²) in [7, 11) is 1.58. The first-order chi connectivity index (χ1) is 7.16. The Morgan fingerprint density at radius 1 is 1.50 bits per heavy atom. The summed E-state index contributed by atoms with van der Waals surface area (Å²) in [5.74, 6) is 0.287. The van der Waals surface area contributed by atoms with Gasteiger partial charge in [0.05, 0.1) is 6.04 Å². The van der Waals surface area contributed by atoms with Crippen LogP contribution in [0.2, 0.25) is 0 Å². The van der Waals surface area contributed by atoms with Crippen LogP contribution in [0, 0.1) is 0 Å². The third-order valence-corrected chi connectivity index (χ3v) is 2.71. The molecule has 0 saturated heterocycles. The monoisotopic (exact) mass is 335 g/mol. The van der Waals surface area contributed by atoms with Crippen molar-refractivity contribution < 1.29 is 4.39 Å². The molecule has 1 saturated carbocycles. The van der Waals surface area contributed by atoms with Gasteiger partial charge in [-0.1, -0.05) is 30.3 Å². The fraction of sp³-hybridized carbons (Fsp3) is 0.364. The Bertz CT molecular complexity index is 382. The minimum absolute atomic E-state index is 0. The van der Waals surface area contributed by atoms with Crippen LogP contribution in [-0.4, -0.2) is 19.0 Å². The van der Waals surface area contributed by atoms with Crippen LogP contribution in [0.3, 0.4) is 0 Å². The lowest BCUT2D eigenvalue weighted by molar-refractivity contribution is 0.300. The Morgan fingerprint density at radius 2 is 2.12 bits per heavy atom. The lowest BCUT2D eigenvalue weighted by Crippen LogP contribution is -2.35. The number of nitrogens with two attached hydrogens (primary N) is 1. The summed E-state index contributed by atoms with van der Waals surface area (Å²) in [6.07, 6.45) is 0.452. The largest absolute Gasteiger partial charge is 0.370 e. The van der Waals surface area contributed by atoms with Gasteiger partial charge in [-0.3, -0.25) is 4.99 Å². The molecular weight excluding hydrogens is 320 g/mol. The van der Waals surface area contributed by atoms with Crippen molar-refractivity contribution in [2.45, 2.75) is 18.1 Å². The molecule has 3 nitrogen and oxygen atoms in total. The normalized spacial score (nSPS) is 28.1. The predicted octanol–water partition coefficient (Wildman–Crippen LogP) is 1.78. The molecule has 3 N–H and O–H groups in total. The quantitative estimate of drug-likeness (QED) is 0.492. The lowest BCUT2D eigenvalue weighted by atomic mass is 10.1. The molecule has 1 aromatic carbocycles. The topological polar surface area (TPSA) is 50.4 Å². The number of halogens is 2. The molecule has 0 aromatic heterocycles. The van der Waals surface area contributed by atoms with Gasteiger partial charge in [-0.25, -0.2) is 4.39 Å². The van der Waals surface area contributed by atoms with Gasteiger partial charge in [0.2, 0.25) is 0 Å². The third-order valence-electron chi connectivity index (χ3n) is 2.71. The van der Waals surface area contributed by atoms with E-state index in [9.17, 15) is 4.39 Å². The zero-order valence-electron chi connectivity index (χ0n) is 8.98. The van der Waals surface area contributed by atoms with Gasteiger partial charge < -0.3 is 11.1 Å². The van der Waals surface area contributed by atoms with Crippen LogP contribution in [0.1, 0.15) is 12.0 Å². The van der Waals surface area contributed by atoms with E-state index in [4.69, 9.17) is 5.73 Å². The van der Waals surface area contributed by atoms with Gasteiger partial charge in [-0.05, 0) is 5.56 Å². The molecule has 0 heterocycles. The standard InChI is InChI=1S/C11H14FN3.HI/c1-14-10(13)15-9-7-11(9,12)8-5-3-2-4-6-8;/h2-6,9H,7H2,1H3,(H3,13,14,15);1H. The summed E-state index contributed by atoms with van der Waals surface area (Å²) >= 11 is 0. The summed E-state index contributed by atoms with van der Waals surface area (Å²) in [5, 5.41) is 2.85. The fourth-order valence-corrected chi connectivity index (χ4v) is 1.68. The van der Waals surface area contributed by atoms with Crippen molar-refractivity contribution in [2.24, 2.45) is 10.7 Å². The van der Waals surface area contributed by atoms with Gasteiger partial charge in [0.25, 0.3) is 0 Å². The Morgan fingerprint density at radius 3 is 2.69 bits per heavy atom. The maximum absolute atomic E-state index is 14.2. The molecule has 1 aliphatic rings. The predicted molar refractivity (Wildman–Crippen MR) is 73.7 cm³/mol. The second-order valence-corrected chi connectivity index (χ2v) is 3.74. The number of hydrogen-bond donors (Lipinski definition) is 2. The van der Waals surface area contributed by atoms with E-state index in [1.807, 2.05) is 18.2 Å². The number of nitrogens with zero attached hydrogens (tertiary/aromatic N) is 1. The first-order valence-corrected chi connectivity index (χ1v) is 4.90. The molecular formula is C11H15FIN3. The zero-order valence-corrected chi connectivity index (χ0v) is 11.3. The molecule has 16 heavy (non-hydrogen) atoms. The molecule has 0 amide bonds. The van der Waals surface area contributed by atoms with Crippen LogP contribution < -0.4 is 11.1 Å². The molecule has 0 bridgehead atoms. The van der Waals surface area contributed by atoms with Gasteiger partial charge in [-0.2, -0.15) is 0 Å². The van der Waals surface area contributed by atoms with Crippen LogP contribution in [0.5, 0.6) is 0 Å². The van der Waals surface area contributed by atoms with E-state index in [2.05, 4.69) is 10.3 Å². The van der Waals surface area contributed by atoms with Gasteiger partial charge in [0.1, 0.15) is 0 Å². The zero-order chi connectivity index (χ0) is 10.9. The van der Waals surface area contributed by atoms with E-state index in [1.165, 1.54) is 0 Å². The Hall–Kier alpha value is -0.850. The number of benzene rings is 1. The number of nitrogens with one attached hydrogen (secondary N) is 1. The van der Waals surface area contributed by atoms with Crippen molar-refractivity contribution in [1.29, 1.82) is 0 Å². The summed E-state index contributed by atoms with van der Waals surface area (Å²) in [5.41, 5.74) is 4.90. The Kier molecular flexibility index (Phi) is 4.12. The third kappa shape index (κ3) is 2.45. The molecule has 2 atom stereocenters.